The Kier molecular flexibility index (Phi) is 2.62. The third kappa shape index (κ3) is 2.01. The van der Waals surface area contributed by atoms with E-state index in [1.54, 1.807) is 0 Å². The summed E-state index contributed by atoms with van der Waals surface area (Å²) in [7, 11) is 0. The van der Waals surface area contributed by atoms with Crippen LogP contribution in [-0.4, -0.2) is 12.7 Å². The normalized spacial score (nSPS) is 34.1. The molecule has 0 saturated heterocycles. The molecule has 0 aromatic rings. The van der Waals surface area contributed by atoms with Gasteiger partial charge in [-0.25, -0.2) is 4.79 Å². The summed E-state index contributed by atoms with van der Waals surface area (Å²) in [6, 6.07) is 0. The number of rotatable bonds is 2. The minimum Gasteiger partial charge on any atom is -0.449 e. The van der Waals surface area contributed by atoms with E-state index in [-0.39, 0.29) is 0 Å². The van der Waals surface area contributed by atoms with Crippen LogP contribution in [0.3, 0.4) is 0 Å². The lowest BCUT2D eigenvalue weighted by Gasteiger charge is -1.98. The van der Waals surface area contributed by atoms with Crippen molar-refractivity contribution in [1.29, 1.82) is 0 Å². The molecule has 2 aliphatic rings. The first-order valence-electron chi connectivity index (χ1n) is 5.17. The summed E-state index contributed by atoms with van der Waals surface area (Å²) < 4.78 is 4.84. The molecule has 0 aromatic carbocycles. The summed E-state index contributed by atoms with van der Waals surface area (Å²) in [5.41, 5.74) is 4.93. The van der Waals surface area contributed by atoms with Gasteiger partial charge >= 0.3 is 6.09 Å². The van der Waals surface area contributed by atoms with Crippen LogP contribution in [0, 0.1) is 29.6 Å². The molecule has 2 atom stereocenters. The zero-order valence-electron chi connectivity index (χ0n) is 8.16. The SMILES string of the molecule is NC(=O)OCC1C2CCC#CCCC21. The fourth-order valence-corrected chi connectivity index (χ4v) is 2.46. The Hall–Kier alpha value is -1.17. The maximum Gasteiger partial charge on any atom is 0.404 e. The summed E-state index contributed by atoms with van der Waals surface area (Å²) in [5, 5.41) is 0. The largest absolute Gasteiger partial charge is 0.449 e. The van der Waals surface area contributed by atoms with Crippen LogP contribution in [0.5, 0.6) is 0 Å². The molecule has 1 amide bonds. The van der Waals surface area contributed by atoms with Crippen molar-refractivity contribution in [2.24, 2.45) is 23.5 Å². The molecule has 0 heterocycles. The fourth-order valence-electron chi connectivity index (χ4n) is 2.46. The van der Waals surface area contributed by atoms with E-state index in [1.807, 2.05) is 0 Å². The van der Waals surface area contributed by atoms with Crippen molar-refractivity contribution in [3.63, 3.8) is 0 Å². The number of ether oxygens (including phenoxy) is 1. The molecule has 3 nitrogen and oxygen atoms in total. The summed E-state index contributed by atoms with van der Waals surface area (Å²) in [6.45, 7) is 0.505. The molecule has 2 aliphatic carbocycles. The molecule has 1 fully saturated rings. The van der Waals surface area contributed by atoms with Crippen LogP contribution in [0.2, 0.25) is 0 Å². The predicted octanol–water partition coefficient (Wildman–Crippen LogP) is 1.52. The minimum atomic E-state index is -0.652. The van der Waals surface area contributed by atoms with Crippen LogP contribution in [0.15, 0.2) is 0 Å². The molecule has 3 heteroatoms. The lowest BCUT2D eigenvalue weighted by molar-refractivity contribution is 0.147. The Morgan fingerprint density at radius 1 is 1.29 bits per heavy atom. The molecule has 0 radical (unpaired) electrons. The quantitative estimate of drug-likeness (QED) is 0.676. The van der Waals surface area contributed by atoms with Crippen molar-refractivity contribution >= 4 is 6.09 Å². The third-order valence-electron chi connectivity index (χ3n) is 3.26. The van der Waals surface area contributed by atoms with Gasteiger partial charge in [-0.2, -0.15) is 0 Å². The topological polar surface area (TPSA) is 52.3 Å². The van der Waals surface area contributed by atoms with Crippen LogP contribution < -0.4 is 5.73 Å². The number of hydrogen-bond donors (Lipinski definition) is 1. The van der Waals surface area contributed by atoms with Crippen molar-refractivity contribution in [3.8, 4) is 11.8 Å². The smallest absolute Gasteiger partial charge is 0.404 e. The van der Waals surface area contributed by atoms with Crippen LogP contribution in [-0.2, 0) is 4.74 Å². The van der Waals surface area contributed by atoms with Crippen molar-refractivity contribution in [2.75, 3.05) is 6.61 Å². The van der Waals surface area contributed by atoms with Crippen LogP contribution in [0.4, 0.5) is 4.79 Å². The Labute approximate surface area is 84.0 Å². The second kappa shape index (κ2) is 3.91. The van der Waals surface area contributed by atoms with Gasteiger partial charge in [0.05, 0.1) is 6.61 Å². The van der Waals surface area contributed by atoms with Crippen LogP contribution in [0.1, 0.15) is 25.7 Å². The summed E-state index contributed by atoms with van der Waals surface area (Å²) >= 11 is 0. The zero-order chi connectivity index (χ0) is 9.97. The zero-order valence-corrected chi connectivity index (χ0v) is 8.16. The number of nitrogens with two attached hydrogens (primary N) is 1. The van der Waals surface area contributed by atoms with Crippen LogP contribution >= 0.6 is 0 Å². The molecule has 14 heavy (non-hydrogen) atoms. The lowest BCUT2D eigenvalue weighted by atomic mass is 10.1. The molecular formula is C11H15NO2. The van der Waals surface area contributed by atoms with Gasteiger partial charge < -0.3 is 10.5 Å². The van der Waals surface area contributed by atoms with E-state index in [1.165, 1.54) is 0 Å². The number of primary amides is 1. The third-order valence-corrected chi connectivity index (χ3v) is 3.26. The van der Waals surface area contributed by atoms with E-state index in [9.17, 15) is 4.79 Å². The molecule has 2 N–H and O–H groups in total. The Bertz CT molecular complexity index is 271. The highest BCUT2D eigenvalue weighted by atomic mass is 16.5. The standard InChI is InChI=1S/C11H15NO2/c12-11(13)14-7-10-8-5-3-1-2-4-6-9(8)10/h8-10H,3-7H2,(H2,12,13). The molecule has 2 unspecified atom stereocenters. The maximum absolute atomic E-state index is 10.4. The second-order valence-electron chi connectivity index (χ2n) is 4.05. The van der Waals surface area contributed by atoms with Gasteiger partial charge in [0.25, 0.3) is 0 Å². The van der Waals surface area contributed by atoms with E-state index in [4.69, 9.17) is 10.5 Å². The minimum absolute atomic E-state index is 0.505. The molecule has 0 aromatic heterocycles. The highest BCUT2D eigenvalue weighted by Crippen LogP contribution is 2.52. The van der Waals surface area contributed by atoms with Crippen molar-refractivity contribution < 1.29 is 9.53 Å². The predicted molar refractivity (Wildman–Crippen MR) is 52.2 cm³/mol. The van der Waals surface area contributed by atoms with Gasteiger partial charge in [-0.3, -0.25) is 0 Å². The van der Waals surface area contributed by atoms with E-state index < -0.39 is 6.09 Å². The van der Waals surface area contributed by atoms with Crippen molar-refractivity contribution in [3.05, 3.63) is 0 Å². The Balaban J connectivity index is 1.79. The van der Waals surface area contributed by atoms with E-state index in [0.717, 1.165) is 37.5 Å². The second-order valence-corrected chi connectivity index (χ2v) is 4.05. The van der Waals surface area contributed by atoms with E-state index in [0.29, 0.717) is 12.5 Å². The Morgan fingerprint density at radius 3 is 2.36 bits per heavy atom. The first-order valence-corrected chi connectivity index (χ1v) is 5.17. The van der Waals surface area contributed by atoms with Gasteiger partial charge in [-0.15, -0.1) is 11.8 Å². The fraction of sp³-hybridized carbons (Fsp3) is 0.727. The first kappa shape index (κ1) is 9.39. The number of hydrogen-bond acceptors (Lipinski definition) is 2. The summed E-state index contributed by atoms with van der Waals surface area (Å²) in [6.07, 6.45) is 3.65. The van der Waals surface area contributed by atoms with Gasteiger partial charge in [0, 0.05) is 12.8 Å². The van der Waals surface area contributed by atoms with Gasteiger partial charge in [-0.05, 0) is 30.6 Å². The molecular weight excluding hydrogens is 178 g/mol. The first-order chi connectivity index (χ1) is 6.79. The number of amides is 1. The molecule has 76 valence electrons. The molecule has 2 rings (SSSR count). The van der Waals surface area contributed by atoms with Crippen LogP contribution in [0.25, 0.3) is 0 Å². The summed E-state index contributed by atoms with van der Waals surface area (Å²) in [4.78, 5) is 10.4. The van der Waals surface area contributed by atoms with Gasteiger partial charge in [0.2, 0.25) is 0 Å². The molecule has 0 spiro atoms. The Morgan fingerprint density at radius 2 is 1.86 bits per heavy atom. The van der Waals surface area contributed by atoms with E-state index in [2.05, 4.69) is 11.8 Å². The number of fused-ring (bicyclic) bond motifs is 1. The van der Waals surface area contributed by atoms with Gasteiger partial charge in [0.1, 0.15) is 0 Å². The lowest BCUT2D eigenvalue weighted by Crippen LogP contribution is -2.15. The average Bonchev–Trinajstić information content (AvgIpc) is 2.72. The molecule has 1 saturated carbocycles. The van der Waals surface area contributed by atoms with Gasteiger partial charge in [-0.1, -0.05) is 0 Å². The highest BCUT2D eigenvalue weighted by molar-refractivity contribution is 5.64. The average molecular weight is 193 g/mol. The molecule has 0 aliphatic heterocycles. The van der Waals surface area contributed by atoms with Gasteiger partial charge in [0.15, 0.2) is 0 Å². The summed E-state index contributed by atoms with van der Waals surface area (Å²) in [5.74, 6) is 8.29. The maximum atomic E-state index is 10.4. The van der Waals surface area contributed by atoms with Crippen molar-refractivity contribution in [1.82, 2.24) is 0 Å². The molecule has 0 bridgehead atoms. The monoisotopic (exact) mass is 193 g/mol. The number of carbonyl (C=O) groups excluding carboxylic acids is 1. The van der Waals surface area contributed by atoms with Crippen molar-refractivity contribution in [2.45, 2.75) is 25.7 Å². The van der Waals surface area contributed by atoms with E-state index >= 15 is 0 Å². The number of carbonyl (C=O) groups is 1. The highest BCUT2D eigenvalue weighted by Gasteiger charge is 2.49.